The Morgan fingerprint density at radius 1 is 1.18 bits per heavy atom. The summed E-state index contributed by atoms with van der Waals surface area (Å²) in [4.78, 5) is 15.6. The van der Waals surface area contributed by atoms with Crippen LogP contribution < -0.4 is 20.5 Å². The fourth-order valence-corrected chi connectivity index (χ4v) is 6.08. The second-order valence-electron chi connectivity index (χ2n) is 10.9. The van der Waals surface area contributed by atoms with E-state index in [1.807, 2.05) is 19.1 Å². The molecule has 0 amide bonds. The Morgan fingerprint density at radius 3 is 2.65 bits per heavy atom. The number of anilines is 2. The van der Waals surface area contributed by atoms with Gasteiger partial charge in [-0.25, -0.2) is 9.07 Å². The molecule has 3 fully saturated rings. The van der Waals surface area contributed by atoms with Gasteiger partial charge in [-0.15, -0.1) is 0 Å². The van der Waals surface area contributed by atoms with E-state index in [0.717, 1.165) is 43.7 Å². The summed E-state index contributed by atoms with van der Waals surface area (Å²) in [5, 5.41) is 7.47. The maximum Gasteiger partial charge on any atom is 0.287 e. The van der Waals surface area contributed by atoms with Crippen molar-refractivity contribution in [2.75, 3.05) is 62.9 Å². The standard InChI is InChI=1S/C29H40ClFN4O5/c1-2-39-24-10-8-22(9-11-24)34(17-25-18-37-14-15-40-25)21-4-6-23(7-5-21)35-28(36)27(30)26(16-33-35)32-19-29(31)12-3-13-38-20-29/h8-11,16,21,23,25,32H,2-7,12-15,17-20H2,1H3/t21-,23-,25-,29+/m1/s1. The Morgan fingerprint density at radius 2 is 1.98 bits per heavy atom. The first kappa shape index (κ1) is 29.1. The molecular formula is C29H40ClFN4O5. The number of nitrogens with zero attached hydrogens (tertiary/aromatic N) is 3. The van der Waals surface area contributed by atoms with Crippen molar-refractivity contribution in [3.63, 3.8) is 0 Å². The summed E-state index contributed by atoms with van der Waals surface area (Å²) >= 11 is 6.45. The fourth-order valence-electron chi connectivity index (χ4n) is 5.88. The lowest BCUT2D eigenvalue weighted by Crippen LogP contribution is -2.46. The summed E-state index contributed by atoms with van der Waals surface area (Å²) in [7, 11) is 0. The lowest BCUT2D eigenvalue weighted by atomic mass is 9.89. The average molecular weight is 579 g/mol. The molecule has 11 heteroatoms. The van der Waals surface area contributed by atoms with Crippen LogP contribution in [-0.2, 0) is 14.2 Å². The fraction of sp³-hybridized carbons (Fsp3) is 0.655. The van der Waals surface area contributed by atoms with Gasteiger partial charge in [-0.1, -0.05) is 11.6 Å². The van der Waals surface area contributed by atoms with Crippen LogP contribution in [0.3, 0.4) is 0 Å². The van der Waals surface area contributed by atoms with Crippen LogP contribution in [0.2, 0.25) is 5.02 Å². The molecule has 1 aromatic carbocycles. The molecule has 0 spiro atoms. The number of benzene rings is 1. The normalized spacial score (nSPS) is 27.2. The molecule has 0 bridgehead atoms. The minimum Gasteiger partial charge on any atom is -0.494 e. The number of halogens is 2. The molecule has 2 aromatic rings. The minimum absolute atomic E-state index is 0.00445. The van der Waals surface area contributed by atoms with Crippen LogP contribution in [0.5, 0.6) is 5.75 Å². The quantitative estimate of drug-likeness (QED) is 0.437. The van der Waals surface area contributed by atoms with Gasteiger partial charge in [-0.3, -0.25) is 4.79 Å². The van der Waals surface area contributed by atoms with Gasteiger partial charge in [-0.2, -0.15) is 5.10 Å². The van der Waals surface area contributed by atoms with Gasteiger partial charge in [0.2, 0.25) is 0 Å². The van der Waals surface area contributed by atoms with Gasteiger partial charge in [-0.05, 0) is 69.7 Å². The first-order valence-corrected chi connectivity index (χ1v) is 14.8. The molecule has 9 nitrogen and oxygen atoms in total. The number of ether oxygens (including phenoxy) is 4. The maximum absolute atomic E-state index is 14.9. The molecule has 1 aliphatic carbocycles. The van der Waals surface area contributed by atoms with E-state index in [-0.39, 0.29) is 41.9 Å². The summed E-state index contributed by atoms with van der Waals surface area (Å²) < 4.78 is 39.0. The summed E-state index contributed by atoms with van der Waals surface area (Å²) in [5.74, 6) is 0.848. The van der Waals surface area contributed by atoms with Gasteiger partial charge in [0.05, 0.1) is 63.6 Å². The number of hydrogen-bond acceptors (Lipinski definition) is 8. The lowest BCUT2D eigenvalue weighted by molar-refractivity contribution is -0.0847. The second-order valence-corrected chi connectivity index (χ2v) is 11.3. The Balaban J connectivity index is 1.24. The summed E-state index contributed by atoms with van der Waals surface area (Å²) in [5.41, 5.74) is -0.350. The molecule has 220 valence electrons. The number of rotatable bonds is 10. The summed E-state index contributed by atoms with van der Waals surface area (Å²) in [6, 6.07) is 8.43. The van der Waals surface area contributed by atoms with Crippen LogP contribution in [0.25, 0.3) is 0 Å². The highest BCUT2D eigenvalue weighted by Crippen LogP contribution is 2.34. The molecular weight excluding hydrogens is 539 g/mol. The number of nitrogens with one attached hydrogen (secondary N) is 1. The lowest BCUT2D eigenvalue weighted by Gasteiger charge is -2.40. The Kier molecular flexibility index (Phi) is 9.83. The predicted molar refractivity (Wildman–Crippen MR) is 153 cm³/mol. The molecule has 2 saturated heterocycles. The number of alkyl halides is 1. The van der Waals surface area contributed by atoms with Crippen LogP contribution in [0, 0.1) is 0 Å². The highest BCUT2D eigenvalue weighted by molar-refractivity contribution is 6.32. The zero-order chi connectivity index (χ0) is 28.0. The van der Waals surface area contributed by atoms with Crippen LogP contribution in [0.4, 0.5) is 15.8 Å². The van der Waals surface area contributed by atoms with Crippen molar-refractivity contribution in [2.24, 2.45) is 0 Å². The van der Waals surface area contributed by atoms with E-state index < -0.39 is 5.67 Å². The smallest absolute Gasteiger partial charge is 0.287 e. The molecule has 3 heterocycles. The molecule has 1 saturated carbocycles. The van der Waals surface area contributed by atoms with Crippen molar-refractivity contribution >= 4 is 23.0 Å². The minimum atomic E-state index is -1.47. The van der Waals surface area contributed by atoms with Crippen molar-refractivity contribution in [3.05, 3.63) is 45.8 Å². The van der Waals surface area contributed by atoms with Gasteiger partial charge in [0.1, 0.15) is 10.8 Å². The van der Waals surface area contributed by atoms with Crippen LogP contribution in [0.1, 0.15) is 51.5 Å². The maximum atomic E-state index is 14.9. The van der Waals surface area contributed by atoms with E-state index in [1.165, 1.54) is 10.9 Å². The molecule has 5 rings (SSSR count). The largest absolute Gasteiger partial charge is 0.494 e. The SMILES string of the molecule is CCOc1ccc(N(C[C@@H]2COCCO2)[C@H]2CC[C@H](n3ncc(NC[C@@]4(F)CCCOC4)c(Cl)c3=O)CC2)cc1. The van der Waals surface area contributed by atoms with Gasteiger partial charge in [0.15, 0.2) is 5.67 Å². The van der Waals surface area contributed by atoms with Gasteiger partial charge in [0.25, 0.3) is 5.56 Å². The highest BCUT2D eigenvalue weighted by atomic mass is 35.5. The molecule has 1 N–H and O–H groups in total. The van der Waals surface area contributed by atoms with E-state index in [1.54, 1.807) is 0 Å². The average Bonchev–Trinajstić information content (AvgIpc) is 2.98. The summed E-state index contributed by atoms with van der Waals surface area (Å²) in [6.45, 7) is 5.79. The first-order valence-electron chi connectivity index (χ1n) is 14.4. The Bertz CT molecular complexity index is 1150. The predicted octanol–water partition coefficient (Wildman–Crippen LogP) is 4.63. The molecule has 0 unspecified atom stereocenters. The van der Waals surface area contributed by atoms with Crippen molar-refractivity contribution in [1.82, 2.24) is 9.78 Å². The third kappa shape index (κ3) is 7.08. The molecule has 40 heavy (non-hydrogen) atoms. The van der Waals surface area contributed by atoms with Gasteiger partial charge < -0.3 is 29.2 Å². The number of hydrogen-bond donors (Lipinski definition) is 1. The number of aromatic nitrogens is 2. The van der Waals surface area contributed by atoms with E-state index in [2.05, 4.69) is 27.4 Å². The zero-order valence-corrected chi connectivity index (χ0v) is 23.9. The molecule has 2 atom stereocenters. The molecule has 2 aliphatic heterocycles. The van der Waals surface area contributed by atoms with Crippen LogP contribution in [-0.4, -0.2) is 80.3 Å². The topological polar surface area (TPSA) is 87.1 Å². The van der Waals surface area contributed by atoms with Crippen molar-refractivity contribution in [1.29, 1.82) is 0 Å². The third-order valence-corrected chi connectivity index (χ3v) is 8.40. The Hall–Kier alpha value is -2.40. The van der Waals surface area contributed by atoms with Crippen molar-refractivity contribution in [2.45, 2.75) is 69.3 Å². The monoisotopic (exact) mass is 578 g/mol. The van der Waals surface area contributed by atoms with Gasteiger partial charge >= 0.3 is 0 Å². The first-order chi connectivity index (χ1) is 19.5. The second kappa shape index (κ2) is 13.5. The summed E-state index contributed by atoms with van der Waals surface area (Å²) in [6.07, 6.45) is 6.00. The van der Waals surface area contributed by atoms with Crippen molar-refractivity contribution in [3.8, 4) is 5.75 Å². The van der Waals surface area contributed by atoms with E-state index >= 15 is 0 Å². The van der Waals surface area contributed by atoms with E-state index in [0.29, 0.717) is 51.6 Å². The Labute approximate surface area is 239 Å². The zero-order valence-electron chi connectivity index (χ0n) is 23.2. The van der Waals surface area contributed by atoms with E-state index in [9.17, 15) is 9.18 Å². The van der Waals surface area contributed by atoms with Gasteiger partial charge in [0, 0.05) is 24.9 Å². The third-order valence-electron chi connectivity index (χ3n) is 8.03. The molecule has 1 aromatic heterocycles. The van der Waals surface area contributed by atoms with Crippen LogP contribution in [0.15, 0.2) is 35.3 Å². The molecule has 0 radical (unpaired) electrons. The van der Waals surface area contributed by atoms with Crippen molar-refractivity contribution < 1.29 is 23.3 Å². The van der Waals surface area contributed by atoms with Crippen LogP contribution >= 0.6 is 11.6 Å². The highest BCUT2D eigenvalue weighted by Gasteiger charge is 2.34. The molecule has 3 aliphatic rings. The van der Waals surface area contributed by atoms with E-state index in [4.69, 9.17) is 30.5 Å².